The molecule has 0 saturated carbocycles. The van der Waals surface area contributed by atoms with Crippen LogP contribution in [0.4, 0.5) is 4.79 Å². The van der Waals surface area contributed by atoms with Crippen LogP contribution in [0.25, 0.3) is 0 Å². The quantitative estimate of drug-likeness (QED) is 0.494. The summed E-state index contributed by atoms with van der Waals surface area (Å²) in [5.41, 5.74) is 2.48. The Hall–Kier alpha value is -0.990. The molecule has 0 aromatic carbocycles. The molecule has 1 aliphatic rings. The second-order valence-corrected chi connectivity index (χ2v) is 4.90. The molecule has 0 heterocycles. The van der Waals surface area contributed by atoms with E-state index in [1.165, 1.54) is 12.7 Å². The summed E-state index contributed by atoms with van der Waals surface area (Å²) < 4.78 is 9.87. The zero-order chi connectivity index (χ0) is 11.6. The Morgan fingerprint density at radius 2 is 2.00 bits per heavy atom. The van der Waals surface area contributed by atoms with Crippen molar-refractivity contribution >= 4 is 6.16 Å². The topological polar surface area (TPSA) is 35.5 Å². The molecule has 1 unspecified atom stereocenters. The number of rotatable bonds is 1. The number of carbonyl (C=O) groups is 1. The first-order valence-corrected chi connectivity index (χ1v) is 5.29. The second-order valence-electron chi connectivity index (χ2n) is 4.90. The third-order valence-corrected chi connectivity index (χ3v) is 3.30. The molecule has 15 heavy (non-hydrogen) atoms. The van der Waals surface area contributed by atoms with E-state index in [0.29, 0.717) is 0 Å². The standard InChI is InChI=1S/C12H20O3/c1-8-6-7-12(3,4)10(9(8)2)15-11(13)14-5/h10H,6-7H2,1-5H3. The fourth-order valence-corrected chi connectivity index (χ4v) is 2.04. The molecule has 0 aromatic rings. The van der Waals surface area contributed by atoms with Gasteiger partial charge in [-0.15, -0.1) is 0 Å². The summed E-state index contributed by atoms with van der Waals surface area (Å²) in [5, 5.41) is 0. The van der Waals surface area contributed by atoms with Crippen molar-refractivity contribution in [3.8, 4) is 0 Å². The van der Waals surface area contributed by atoms with Crippen molar-refractivity contribution in [2.75, 3.05) is 7.11 Å². The van der Waals surface area contributed by atoms with Crippen molar-refractivity contribution in [2.24, 2.45) is 5.41 Å². The van der Waals surface area contributed by atoms with Crippen molar-refractivity contribution in [3.63, 3.8) is 0 Å². The van der Waals surface area contributed by atoms with Crippen LogP contribution in [0.15, 0.2) is 11.1 Å². The predicted octanol–water partition coefficient (Wildman–Crippen LogP) is 3.29. The molecular weight excluding hydrogens is 192 g/mol. The molecule has 3 heteroatoms. The summed E-state index contributed by atoms with van der Waals surface area (Å²) in [6.45, 7) is 8.37. The second kappa shape index (κ2) is 4.25. The van der Waals surface area contributed by atoms with Crippen LogP contribution < -0.4 is 0 Å². The number of allylic oxidation sites excluding steroid dienone is 1. The number of carbonyl (C=O) groups excluding carboxylic acids is 1. The van der Waals surface area contributed by atoms with Crippen LogP contribution in [0.5, 0.6) is 0 Å². The van der Waals surface area contributed by atoms with Gasteiger partial charge in [-0.05, 0) is 32.3 Å². The zero-order valence-corrected chi connectivity index (χ0v) is 10.2. The maximum atomic E-state index is 11.2. The lowest BCUT2D eigenvalue weighted by molar-refractivity contribution is -0.00398. The molecule has 0 aliphatic heterocycles. The van der Waals surface area contributed by atoms with Crippen LogP contribution in [-0.4, -0.2) is 19.4 Å². The lowest BCUT2D eigenvalue weighted by Gasteiger charge is -2.38. The highest BCUT2D eigenvalue weighted by Gasteiger charge is 2.37. The van der Waals surface area contributed by atoms with E-state index in [1.54, 1.807) is 0 Å². The van der Waals surface area contributed by atoms with E-state index in [0.717, 1.165) is 18.4 Å². The van der Waals surface area contributed by atoms with Gasteiger partial charge in [-0.25, -0.2) is 4.79 Å². The smallest absolute Gasteiger partial charge is 0.438 e. The molecule has 0 bridgehead atoms. The lowest BCUT2D eigenvalue weighted by Crippen LogP contribution is -2.38. The van der Waals surface area contributed by atoms with Gasteiger partial charge in [0, 0.05) is 5.41 Å². The van der Waals surface area contributed by atoms with Crippen molar-refractivity contribution in [2.45, 2.75) is 46.6 Å². The molecule has 1 atom stereocenters. The van der Waals surface area contributed by atoms with Gasteiger partial charge in [0.25, 0.3) is 0 Å². The maximum absolute atomic E-state index is 11.2. The Bertz CT molecular complexity index is 289. The van der Waals surface area contributed by atoms with Gasteiger partial charge in [0.2, 0.25) is 0 Å². The average molecular weight is 212 g/mol. The zero-order valence-electron chi connectivity index (χ0n) is 10.2. The molecule has 0 radical (unpaired) electrons. The van der Waals surface area contributed by atoms with Gasteiger partial charge in [-0.2, -0.15) is 0 Å². The molecule has 0 N–H and O–H groups in total. The summed E-state index contributed by atoms with van der Waals surface area (Å²) in [4.78, 5) is 11.2. The highest BCUT2D eigenvalue weighted by atomic mass is 16.7. The first kappa shape index (κ1) is 12.1. The monoisotopic (exact) mass is 212 g/mol. The Balaban J connectivity index is 2.89. The van der Waals surface area contributed by atoms with Gasteiger partial charge >= 0.3 is 6.16 Å². The van der Waals surface area contributed by atoms with Crippen LogP contribution in [0.3, 0.4) is 0 Å². The molecule has 0 amide bonds. The first-order valence-electron chi connectivity index (χ1n) is 5.29. The largest absolute Gasteiger partial charge is 0.508 e. The molecule has 1 rings (SSSR count). The predicted molar refractivity (Wildman–Crippen MR) is 58.7 cm³/mol. The van der Waals surface area contributed by atoms with Crippen molar-refractivity contribution in [3.05, 3.63) is 11.1 Å². The van der Waals surface area contributed by atoms with Crippen molar-refractivity contribution in [1.29, 1.82) is 0 Å². The number of methoxy groups -OCH3 is 1. The third kappa shape index (κ3) is 2.52. The fraction of sp³-hybridized carbons (Fsp3) is 0.750. The summed E-state index contributed by atoms with van der Waals surface area (Å²) in [6.07, 6.45) is 1.37. The summed E-state index contributed by atoms with van der Waals surface area (Å²) in [6, 6.07) is 0. The summed E-state index contributed by atoms with van der Waals surface area (Å²) in [7, 11) is 1.34. The van der Waals surface area contributed by atoms with Crippen LogP contribution >= 0.6 is 0 Å². The maximum Gasteiger partial charge on any atom is 0.508 e. The number of ether oxygens (including phenoxy) is 2. The van der Waals surface area contributed by atoms with Gasteiger partial charge in [-0.1, -0.05) is 19.4 Å². The van der Waals surface area contributed by atoms with E-state index in [1.807, 2.05) is 6.92 Å². The van der Waals surface area contributed by atoms with Gasteiger partial charge < -0.3 is 9.47 Å². The first-order chi connectivity index (χ1) is 6.88. The van der Waals surface area contributed by atoms with E-state index < -0.39 is 6.16 Å². The molecule has 3 nitrogen and oxygen atoms in total. The molecule has 86 valence electrons. The van der Waals surface area contributed by atoms with Crippen molar-refractivity contribution in [1.82, 2.24) is 0 Å². The van der Waals surface area contributed by atoms with Crippen LogP contribution in [0.1, 0.15) is 40.5 Å². The van der Waals surface area contributed by atoms with Gasteiger partial charge in [0.15, 0.2) is 0 Å². The van der Waals surface area contributed by atoms with E-state index in [4.69, 9.17) is 4.74 Å². The van der Waals surface area contributed by atoms with E-state index >= 15 is 0 Å². The summed E-state index contributed by atoms with van der Waals surface area (Å²) >= 11 is 0. The van der Waals surface area contributed by atoms with Gasteiger partial charge in [0.1, 0.15) is 6.10 Å². The lowest BCUT2D eigenvalue weighted by atomic mass is 9.72. The highest BCUT2D eigenvalue weighted by molar-refractivity contribution is 5.60. The highest BCUT2D eigenvalue weighted by Crippen LogP contribution is 2.40. The third-order valence-electron chi connectivity index (χ3n) is 3.30. The Kier molecular flexibility index (Phi) is 3.42. The Morgan fingerprint density at radius 3 is 2.53 bits per heavy atom. The number of hydrogen-bond donors (Lipinski definition) is 0. The fourth-order valence-electron chi connectivity index (χ4n) is 2.04. The van der Waals surface area contributed by atoms with E-state index in [9.17, 15) is 4.79 Å². The SMILES string of the molecule is COC(=O)OC1C(C)=C(C)CCC1(C)C. The van der Waals surface area contributed by atoms with Crippen molar-refractivity contribution < 1.29 is 14.3 Å². The van der Waals surface area contributed by atoms with E-state index in [-0.39, 0.29) is 11.5 Å². The Morgan fingerprint density at radius 1 is 1.40 bits per heavy atom. The van der Waals surface area contributed by atoms with E-state index in [2.05, 4.69) is 25.5 Å². The van der Waals surface area contributed by atoms with Crippen LogP contribution in [0, 0.1) is 5.41 Å². The van der Waals surface area contributed by atoms with Gasteiger partial charge in [0.05, 0.1) is 7.11 Å². The molecule has 0 fully saturated rings. The molecule has 0 saturated heterocycles. The van der Waals surface area contributed by atoms with Gasteiger partial charge in [-0.3, -0.25) is 0 Å². The summed E-state index contributed by atoms with van der Waals surface area (Å²) in [5.74, 6) is 0. The van der Waals surface area contributed by atoms with Crippen LogP contribution in [0.2, 0.25) is 0 Å². The molecular formula is C12H20O3. The molecule has 0 spiro atoms. The Labute approximate surface area is 91.4 Å². The normalized spacial score (nSPS) is 25.0. The minimum Gasteiger partial charge on any atom is -0.438 e. The minimum atomic E-state index is -0.595. The molecule has 0 aromatic heterocycles. The molecule has 1 aliphatic carbocycles. The average Bonchev–Trinajstić information content (AvgIpc) is 2.19. The minimum absolute atomic E-state index is 0.00220. The number of hydrogen-bond acceptors (Lipinski definition) is 3. The van der Waals surface area contributed by atoms with Crippen LogP contribution in [-0.2, 0) is 9.47 Å².